The monoisotopic (exact) mass is 345 g/mol. The summed E-state index contributed by atoms with van der Waals surface area (Å²) in [5.41, 5.74) is 0.860. The molecule has 0 radical (unpaired) electrons. The second-order valence-corrected chi connectivity index (χ2v) is 6.33. The number of rotatable bonds is 2. The molecule has 4 aromatic rings. The third-order valence-electron chi connectivity index (χ3n) is 3.93. The maximum Gasteiger partial charge on any atom is 0.261 e. The summed E-state index contributed by atoms with van der Waals surface area (Å²) in [4.78, 5) is 12.6. The van der Waals surface area contributed by atoms with Crippen molar-refractivity contribution in [2.75, 3.05) is 5.32 Å². The maximum absolute atomic E-state index is 12.6. The van der Waals surface area contributed by atoms with E-state index in [0.717, 1.165) is 16.2 Å². The first-order chi connectivity index (χ1) is 12.2. The Labute approximate surface area is 146 Å². The molecule has 0 atom stereocenters. The van der Waals surface area contributed by atoms with Crippen LogP contribution in [0, 0.1) is 16.7 Å². The molecule has 6 heteroatoms. The SMILES string of the molecule is N#Cc1ccsc1NC(=O)c1cc2c(ccc3ccccc32)oc1=N. The first-order valence-electron chi connectivity index (χ1n) is 7.46. The van der Waals surface area contributed by atoms with Crippen LogP contribution in [-0.4, -0.2) is 5.91 Å². The Morgan fingerprint density at radius 3 is 2.84 bits per heavy atom. The summed E-state index contributed by atoms with van der Waals surface area (Å²) in [5, 5.41) is 24.7. The molecule has 0 aliphatic carbocycles. The van der Waals surface area contributed by atoms with Crippen LogP contribution in [0.2, 0.25) is 0 Å². The highest BCUT2D eigenvalue weighted by atomic mass is 32.1. The molecule has 5 nitrogen and oxygen atoms in total. The molecule has 2 aromatic carbocycles. The Bertz CT molecular complexity index is 1230. The van der Waals surface area contributed by atoms with Crippen molar-refractivity contribution >= 4 is 44.0 Å². The molecular formula is C19H11N3O2S. The Morgan fingerprint density at radius 2 is 2.00 bits per heavy atom. The van der Waals surface area contributed by atoms with Crippen LogP contribution in [0.25, 0.3) is 21.7 Å². The van der Waals surface area contributed by atoms with Gasteiger partial charge in [-0.15, -0.1) is 11.3 Å². The molecule has 0 bridgehead atoms. The zero-order valence-electron chi connectivity index (χ0n) is 12.9. The summed E-state index contributed by atoms with van der Waals surface area (Å²) < 4.78 is 5.54. The van der Waals surface area contributed by atoms with Crippen LogP contribution in [-0.2, 0) is 0 Å². The molecular weight excluding hydrogens is 334 g/mol. The number of hydrogen-bond donors (Lipinski definition) is 2. The lowest BCUT2D eigenvalue weighted by Gasteiger charge is -2.07. The second kappa shape index (κ2) is 5.89. The van der Waals surface area contributed by atoms with Crippen LogP contribution in [0.15, 0.2) is 58.3 Å². The van der Waals surface area contributed by atoms with Gasteiger partial charge < -0.3 is 9.73 Å². The van der Waals surface area contributed by atoms with Gasteiger partial charge in [0.2, 0.25) is 5.55 Å². The lowest BCUT2D eigenvalue weighted by atomic mass is 10.0. The van der Waals surface area contributed by atoms with E-state index < -0.39 is 5.91 Å². The van der Waals surface area contributed by atoms with Gasteiger partial charge in [-0.3, -0.25) is 10.2 Å². The van der Waals surface area contributed by atoms with Crippen molar-refractivity contribution in [2.24, 2.45) is 0 Å². The number of amides is 1. The molecule has 0 aliphatic rings. The molecule has 1 amide bonds. The molecule has 0 unspecified atom stereocenters. The summed E-state index contributed by atoms with van der Waals surface area (Å²) in [5.74, 6) is -0.470. The molecule has 25 heavy (non-hydrogen) atoms. The van der Waals surface area contributed by atoms with Crippen molar-refractivity contribution in [3.63, 3.8) is 0 Å². The van der Waals surface area contributed by atoms with E-state index in [-0.39, 0.29) is 11.1 Å². The molecule has 2 heterocycles. The zero-order valence-corrected chi connectivity index (χ0v) is 13.7. The molecule has 0 saturated heterocycles. The van der Waals surface area contributed by atoms with E-state index in [1.165, 1.54) is 11.3 Å². The number of carbonyl (C=O) groups excluding carboxylic acids is 1. The normalized spacial score (nSPS) is 10.7. The molecule has 2 N–H and O–H groups in total. The number of nitrogens with zero attached hydrogens (tertiary/aromatic N) is 1. The fourth-order valence-corrected chi connectivity index (χ4v) is 3.45. The Hall–Kier alpha value is -3.43. The minimum atomic E-state index is -0.470. The number of fused-ring (bicyclic) bond motifs is 3. The van der Waals surface area contributed by atoms with Gasteiger partial charge in [-0.1, -0.05) is 30.3 Å². The minimum Gasteiger partial charge on any atom is -0.438 e. The summed E-state index contributed by atoms with van der Waals surface area (Å²) >= 11 is 1.26. The van der Waals surface area contributed by atoms with Gasteiger partial charge in [-0.25, -0.2) is 0 Å². The fraction of sp³-hybridized carbons (Fsp3) is 0. The van der Waals surface area contributed by atoms with E-state index in [9.17, 15) is 4.79 Å². The molecule has 2 aromatic heterocycles. The summed E-state index contributed by atoms with van der Waals surface area (Å²) in [6.45, 7) is 0. The highest BCUT2D eigenvalue weighted by molar-refractivity contribution is 7.14. The van der Waals surface area contributed by atoms with Gasteiger partial charge in [0.05, 0.1) is 5.56 Å². The van der Waals surface area contributed by atoms with Crippen molar-refractivity contribution in [3.05, 3.63) is 70.6 Å². The van der Waals surface area contributed by atoms with E-state index in [1.807, 2.05) is 36.4 Å². The molecule has 0 fully saturated rings. The quantitative estimate of drug-likeness (QED) is 0.532. The number of benzene rings is 2. The summed E-state index contributed by atoms with van der Waals surface area (Å²) in [6, 6.07) is 16.8. The predicted molar refractivity (Wildman–Crippen MR) is 96.6 cm³/mol. The molecule has 120 valence electrons. The first kappa shape index (κ1) is 15.1. The largest absolute Gasteiger partial charge is 0.438 e. The number of nitriles is 1. The number of carbonyl (C=O) groups is 1. The molecule has 4 rings (SSSR count). The third kappa shape index (κ3) is 2.57. The first-order valence-corrected chi connectivity index (χ1v) is 8.34. The highest BCUT2D eigenvalue weighted by Crippen LogP contribution is 2.26. The summed E-state index contributed by atoms with van der Waals surface area (Å²) in [7, 11) is 0. The average Bonchev–Trinajstić information content (AvgIpc) is 3.08. The lowest BCUT2D eigenvalue weighted by Crippen LogP contribution is -2.20. The van der Waals surface area contributed by atoms with Gasteiger partial charge in [0.25, 0.3) is 5.91 Å². The van der Waals surface area contributed by atoms with E-state index in [2.05, 4.69) is 5.32 Å². The number of hydrogen-bond acceptors (Lipinski definition) is 5. The summed E-state index contributed by atoms with van der Waals surface area (Å²) in [6.07, 6.45) is 0. The van der Waals surface area contributed by atoms with Gasteiger partial charge >= 0.3 is 0 Å². The van der Waals surface area contributed by atoms with E-state index in [1.54, 1.807) is 23.6 Å². The number of anilines is 1. The van der Waals surface area contributed by atoms with Crippen LogP contribution in [0.5, 0.6) is 0 Å². The maximum atomic E-state index is 12.6. The Balaban J connectivity index is 1.85. The van der Waals surface area contributed by atoms with Gasteiger partial charge in [-0.2, -0.15) is 5.26 Å². The average molecular weight is 345 g/mol. The highest BCUT2D eigenvalue weighted by Gasteiger charge is 2.15. The van der Waals surface area contributed by atoms with Gasteiger partial charge in [0.1, 0.15) is 22.2 Å². The Morgan fingerprint density at radius 1 is 1.16 bits per heavy atom. The van der Waals surface area contributed by atoms with Gasteiger partial charge in [0.15, 0.2) is 0 Å². The smallest absolute Gasteiger partial charge is 0.261 e. The van der Waals surface area contributed by atoms with Crippen LogP contribution in [0.1, 0.15) is 15.9 Å². The molecule has 0 spiro atoms. The van der Waals surface area contributed by atoms with E-state index in [4.69, 9.17) is 15.1 Å². The van der Waals surface area contributed by atoms with E-state index in [0.29, 0.717) is 16.1 Å². The van der Waals surface area contributed by atoms with Crippen LogP contribution >= 0.6 is 11.3 Å². The number of thiophene rings is 1. The Kier molecular flexibility index (Phi) is 3.56. The standard InChI is InChI=1S/C19H11N3O2S/c20-10-12-7-8-25-19(12)22-18(23)15-9-14-13-4-2-1-3-11(13)5-6-16(14)24-17(15)21/h1-9,21H,(H,22,23). The molecule has 0 saturated carbocycles. The number of nitrogens with one attached hydrogen (secondary N) is 2. The van der Waals surface area contributed by atoms with Crippen molar-refractivity contribution < 1.29 is 9.21 Å². The van der Waals surface area contributed by atoms with Crippen molar-refractivity contribution in [1.82, 2.24) is 0 Å². The van der Waals surface area contributed by atoms with Crippen molar-refractivity contribution in [1.29, 1.82) is 10.7 Å². The van der Waals surface area contributed by atoms with Crippen LogP contribution < -0.4 is 10.9 Å². The van der Waals surface area contributed by atoms with E-state index >= 15 is 0 Å². The third-order valence-corrected chi connectivity index (χ3v) is 4.76. The lowest BCUT2D eigenvalue weighted by molar-refractivity contribution is 0.102. The second-order valence-electron chi connectivity index (χ2n) is 5.42. The van der Waals surface area contributed by atoms with Crippen LogP contribution in [0.4, 0.5) is 5.00 Å². The van der Waals surface area contributed by atoms with Crippen LogP contribution in [0.3, 0.4) is 0 Å². The predicted octanol–water partition coefficient (Wildman–Crippen LogP) is 4.25. The fourth-order valence-electron chi connectivity index (χ4n) is 2.72. The van der Waals surface area contributed by atoms with Gasteiger partial charge in [0, 0.05) is 5.39 Å². The van der Waals surface area contributed by atoms with Crippen molar-refractivity contribution in [3.8, 4) is 6.07 Å². The van der Waals surface area contributed by atoms with Gasteiger partial charge in [-0.05, 0) is 34.4 Å². The minimum absolute atomic E-state index is 0.126. The topological polar surface area (TPSA) is 89.9 Å². The molecule has 0 aliphatic heterocycles. The zero-order chi connectivity index (χ0) is 17.4. The van der Waals surface area contributed by atoms with Crippen molar-refractivity contribution in [2.45, 2.75) is 0 Å².